The third-order valence-corrected chi connectivity index (χ3v) is 2.06. The van der Waals surface area contributed by atoms with Crippen molar-refractivity contribution >= 4 is 11.8 Å². The Balaban J connectivity index is 2.50. The second kappa shape index (κ2) is 6.14. The largest absolute Gasteiger partial charge is 0.443 e. The molecular formula is C12H17N3O4. The smallest absolute Gasteiger partial charge is 0.422 e. The number of nitrogens with one attached hydrogen (secondary N) is 2. The van der Waals surface area contributed by atoms with E-state index in [1.807, 2.05) is 0 Å². The van der Waals surface area contributed by atoms with Crippen LogP contribution in [0.15, 0.2) is 24.3 Å². The van der Waals surface area contributed by atoms with Gasteiger partial charge in [0.25, 0.3) is 5.69 Å². The molecule has 1 rings (SSSR count). The lowest BCUT2D eigenvalue weighted by Crippen LogP contribution is -2.40. The molecule has 0 saturated heterocycles. The van der Waals surface area contributed by atoms with E-state index in [2.05, 4.69) is 10.9 Å². The van der Waals surface area contributed by atoms with Crippen LogP contribution in [0.5, 0.6) is 0 Å². The van der Waals surface area contributed by atoms with E-state index in [1.54, 1.807) is 39.0 Å². The highest BCUT2D eigenvalue weighted by Crippen LogP contribution is 2.16. The van der Waals surface area contributed by atoms with Gasteiger partial charge in [-0.2, -0.15) is 0 Å². The lowest BCUT2D eigenvalue weighted by Gasteiger charge is -2.19. The molecule has 7 nitrogen and oxygen atoms in total. The van der Waals surface area contributed by atoms with Crippen LogP contribution in [-0.2, 0) is 11.3 Å². The summed E-state index contributed by atoms with van der Waals surface area (Å²) in [4.78, 5) is 21.6. The van der Waals surface area contributed by atoms with Gasteiger partial charge < -0.3 is 4.74 Å². The van der Waals surface area contributed by atoms with Gasteiger partial charge in [-0.05, 0) is 20.8 Å². The first-order valence-corrected chi connectivity index (χ1v) is 5.74. The van der Waals surface area contributed by atoms with Crippen molar-refractivity contribution in [2.24, 2.45) is 0 Å². The number of para-hydroxylation sites is 1. The Bertz CT molecular complexity index is 468. The lowest BCUT2D eigenvalue weighted by atomic mass is 10.2. The van der Waals surface area contributed by atoms with Crippen LogP contribution in [-0.4, -0.2) is 16.6 Å². The average molecular weight is 267 g/mol. The SMILES string of the molecule is CC(C)(C)OC(=O)NNCc1ccccc1[N+](=O)[O-]. The highest BCUT2D eigenvalue weighted by molar-refractivity contribution is 5.67. The highest BCUT2D eigenvalue weighted by Gasteiger charge is 2.16. The molecule has 1 aromatic rings. The van der Waals surface area contributed by atoms with Crippen LogP contribution in [0.4, 0.5) is 10.5 Å². The molecule has 1 amide bonds. The van der Waals surface area contributed by atoms with Crippen LogP contribution in [0, 0.1) is 10.1 Å². The predicted octanol–water partition coefficient (Wildman–Crippen LogP) is 2.12. The van der Waals surface area contributed by atoms with Crippen LogP contribution in [0.25, 0.3) is 0 Å². The third kappa shape index (κ3) is 5.35. The van der Waals surface area contributed by atoms with Crippen molar-refractivity contribution in [3.05, 3.63) is 39.9 Å². The van der Waals surface area contributed by atoms with Gasteiger partial charge in [-0.1, -0.05) is 18.2 Å². The van der Waals surface area contributed by atoms with E-state index in [1.165, 1.54) is 6.07 Å². The van der Waals surface area contributed by atoms with E-state index in [0.717, 1.165) is 0 Å². The van der Waals surface area contributed by atoms with Gasteiger partial charge in [-0.3, -0.25) is 15.5 Å². The highest BCUT2D eigenvalue weighted by atomic mass is 16.6. The molecule has 0 aliphatic rings. The van der Waals surface area contributed by atoms with Crippen LogP contribution >= 0.6 is 0 Å². The maximum absolute atomic E-state index is 11.3. The molecule has 104 valence electrons. The van der Waals surface area contributed by atoms with Crippen molar-refractivity contribution in [1.29, 1.82) is 0 Å². The number of nitrogens with zero attached hydrogens (tertiary/aromatic N) is 1. The average Bonchev–Trinajstić information content (AvgIpc) is 2.27. The molecule has 0 saturated carbocycles. The molecule has 0 radical (unpaired) electrons. The summed E-state index contributed by atoms with van der Waals surface area (Å²) in [6.45, 7) is 5.37. The summed E-state index contributed by atoms with van der Waals surface area (Å²) in [5.41, 5.74) is 4.79. The number of amides is 1. The van der Waals surface area contributed by atoms with E-state index < -0.39 is 16.6 Å². The van der Waals surface area contributed by atoms with Gasteiger partial charge in [0.2, 0.25) is 0 Å². The predicted molar refractivity (Wildman–Crippen MR) is 69.3 cm³/mol. The minimum atomic E-state index is -0.633. The van der Waals surface area contributed by atoms with Crippen LogP contribution in [0.1, 0.15) is 26.3 Å². The first-order chi connectivity index (χ1) is 8.79. The van der Waals surface area contributed by atoms with Crippen molar-refractivity contribution in [2.75, 3.05) is 0 Å². The number of benzene rings is 1. The zero-order valence-electron chi connectivity index (χ0n) is 11.1. The molecule has 0 aromatic heterocycles. The summed E-state index contributed by atoms with van der Waals surface area (Å²) in [6.07, 6.45) is -0.633. The van der Waals surface area contributed by atoms with Gasteiger partial charge in [0.05, 0.1) is 4.92 Å². The number of nitro groups is 1. The third-order valence-electron chi connectivity index (χ3n) is 2.06. The van der Waals surface area contributed by atoms with Gasteiger partial charge in [0, 0.05) is 18.2 Å². The summed E-state index contributed by atoms with van der Waals surface area (Å²) in [7, 11) is 0. The quantitative estimate of drug-likeness (QED) is 0.643. The first kappa shape index (κ1) is 14.9. The second-order valence-corrected chi connectivity index (χ2v) is 4.87. The number of nitro benzene ring substituents is 1. The number of hydrogen-bond donors (Lipinski definition) is 2. The summed E-state index contributed by atoms with van der Waals surface area (Å²) in [5.74, 6) is 0. The Kier molecular flexibility index (Phi) is 4.82. The number of carbonyl (C=O) groups excluding carboxylic acids is 1. The van der Waals surface area contributed by atoms with Gasteiger partial charge in [0.1, 0.15) is 5.60 Å². The molecule has 0 unspecified atom stereocenters. The van der Waals surface area contributed by atoms with Crippen molar-refractivity contribution in [3.8, 4) is 0 Å². The van der Waals surface area contributed by atoms with Gasteiger partial charge in [-0.25, -0.2) is 10.2 Å². The molecular weight excluding hydrogens is 250 g/mol. The molecule has 0 atom stereocenters. The molecule has 1 aromatic carbocycles. The molecule has 7 heteroatoms. The van der Waals surface area contributed by atoms with Crippen molar-refractivity contribution in [2.45, 2.75) is 32.9 Å². The van der Waals surface area contributed by atoms with Crippen molar-refractivity contribution in [3.63, 3.8) is 0 Å². The molecule has 0 aliphatic heterocycles. The van der Waals surface area contributed by atoms with E-state index >= 15 is 0 Å². The van der Waals surface area contributed by atoms with Gasteiger partial charge in [0.15, 0.2) is 0 Å². The Morgan fingerprint density at radius 1 is 1.37 bits per heavy atom. The minimum Gasteiger partial charge on any atom is -0.443 e. The normalized spacial score (nSPS) is 10.9. The Morgan fingerprint density at radius 3 is 2.58 bits per heavy atom. The molecule has 0 fully saturated rings. The zero-order valence-corrected chi connectivity index (χ0v) is 11.1. The van der Waals surface area contributed by atoms with Crippen LogP contribution in [0.2, 0.25) is 0 Å². The van der Waals surface area contributed by atoms with Crippen LogP contribution < -0.4 is 10.9 Å². The number of ether oxygens (including phenoxy) is 1. The van der Waals surface area contributed by atoms with Gasteiger partial charge >= 0.3 is 6.09 Å². The molecule has 19 heavy (non-hydrogen) atoms. The Morgan fingerprint density at radius 2 is 2.00 bits per heavy atom. The topological polar surface area (TPSA) is 93.5 Å². The van der Waals surface area contributed by atoms with Crippen molar-refractivity contribution < 1.29 is 14.5 Å². The number of carbonyl (C=O) groups is 1. The molecule has 2 N–H and O–H groups in total. The monoisotopic (exact) mass is 267 g/mol. The van der Waals surface area contributed by atoms with Crippen molar-refractivity contribution in [1.82, 2.24) is 10.9 Å². The molecule has 0 bridgehead atoms. The van der Waals surface area contributed by atoms with Gasteiger partial charge in [-0.15, -0.1) is 0 Å². The molecule has 0 aliphatic carbocycles. The molecule has 0 heterocycles. The maximum atomic E-state index is 11.3. The van der Waals surface area contributed by atoms with E-state index in [0.29, 0.717) is 5.56 Å². The summed E-state index contributed by atoms with van der Waals surface area (Å²) >= 11 is 0. The number of hydrazine groups is 1. The zero-order chi connectivity index (χ0) is 14.5. The standard InChI is InChI=1S/C12H17N3O4/c1-12(2,3)19-11(16)14-13-8-9-6-4-5-7-10(9)15(17)18/h4-7,13H,8H2,1-3H3,(H,14,16). The Labute approximate surface area is 111 Å². The van der Waals surface area contributed by atoms with E-state index in [9.17, 15) is 14.9 Å². The fourth-order valence-corrected chi connectivity index (χ4v) is 1.35. The number of rotatable bonds is 4. The summed E-state index contributed by atoms with van der Waals surface area (Å²) in [5, 5.41) is 10.8. The van der Waals surface area contributed by atoms with E-state index in [-0.39, 0.29) is 12.2 Å². The summed E-state index contributed by atoms with van der Waals surface area (Å²) in [6, 6.07) is 6.30. The van der Waals surface area contributed by atoms with E-state index in [4.69, 9.17) is 4.74 Å². The second-order valence-electron chi connectivity index (χ2n) is 4.87. The lowest BCUT2D eigenvalue weighted by molar-refractivity contribution is -0.385. The fraction of sp³-hybridized carbons (Fsp3) is 0.417. The number of hydrogen-bond acceptors (Lipinski definition) is 5. The maximum Gasteiger partial charge on any atom is 0.422 e. The Hall–Kier alpha value is -2.15. The molecule has 0 spiro atoms. The summed E-state index contributed by atoms with van der Waals surface area (Å²) < 4.78 is 5.01. The van der Waals surface area contributed by atoms with Crippen LogP contribution in [0.3, 0.4) is 0 Å². The first-order valence-electron chi connectivity index (χ1n) is 5.74. The fourth-order valence-electron chi connectivity index (χ4n) is 1.35. The minimum absolute atomic E-state index is 0.000915.